The number of carboxylic acids is 1. The Balaban J connectivity index is 1.41. The zero-order valence-corrected chi connectivity index (χ0v) is 18.0. The number of rotatable bonds is 7. The molecule has 0 fully saturated rings. The van der Waals surface area contributed by atoms with Crippen molar-refractivity contribution in [2.45, 2.75) is 31.4 Å². The van der Waals surface area contributed by atoms with Gasteiger partial charge >= 0.3 is 5.97 Å². The number of fused-ring (bicyclic) bond motifs is 1. The molecule has 7 heteroatoms. The molecular formula is C25H24ClNO5. The number of carbonyl (C=O) groups is 1. The summed E-state index contributed by atoms with van der Waals surface area (Å²) in [5.74, 6) is -0.465. The van der Waals surface area contributed by atoms with Crippen LogP contribution in [0.25, 0.3) is 0 Å². The third-order valence-corrected chi connectivity index (χ3v) is 5.85. The molecule has 1 aliphatic rings. The molecule has 0 bridgehead atoms. The molecule has 0 radical (unpaired) electrons. The molecule has 0 amide bonds. The first kappa shape index (κ1) is 22.1. The number of phenolic OH excluding ortho intramolecular Hbond substituents is 1. The smallest absolute Gasteiger partial charge is 0.335 e. The summed E-state index contributed by atoms with van der Waals surface area (Å²) in [5, 5.41) is 33.4. The number of aryl methyl sites for hydroxylation is 1. The van der Waals surface area contributed by atoms with Crippen molar-refractivity contribution in [1.29, 1.82) is 0 Å². The van der Waals surface area contributed by atoms with Crippen molar-refractivity contribution in [2.75, 3.05) is 6.54 Å². The van der Waals surface area contributed by atoms with Gasteiger partial charge in [-0.25, -0.2) is 4.79 Å². The molecule has 0 unspecified atom stereocenters. The van der Waals surface area contributed by atoms with Gasteiger partial charge in [0.1, 0.15) is 17.2 Å². The molecule has 0 heterocycles. The topological polar surface area (TPSA) is 99.0 Å². The van der Waals surface area contributed by atoms with E-state index in [4.69, 9.17) is 21.4 Å². The number of aliphatic hydroxyl groups is 1. The van der Waals surface area contributed by atoms with Gasteiger partial charge in [0.05, 0.1) is 11.7 Å². The van der Waals surface area contributed by atoms with Gasteiger partial charge in [0.25, 0.3) is 0 Å². The first-order valence-corrected chi connectivity index (χ1v) is 10.8. The minimum atomic E-state index is -1.13. The number of hydrogen-bond acceptors (Lipinski definition) is 5. The number of aliphatic hydroxyl groups excluding tert-OH is 1. The fourth-order valence-corrected chi connectivity index (χ4v) is 4.18. The van der Waals surface area contributed by atoms with E-state index in [0.717, 1.165) is 30.4 Å². The van der Waals surface area contributed by atoms with Crippen molar-refractivity contribution < 1.29 is 24.9 Å². The number of benzene rings is 3. The number of phenols is 1. The Labute approximate surface area is 191 Å². The fraction of sp³-hybridized carbons (Fsp3) is 0.240. The maximum atomic E-state index is 11.2. The maximum absolute atomic E-state index is 11.2. The minimum absolute atomic E-state index is 0.0412. The Morgan fingerprint density at radius 3 is 2.72 bits per heavy atom. The summed E-state index contributed by atoms with van der Waals surface area (Å²) in [6, 6.07) is 17.2. The second-order valence-corrected chi connectivity index (χ2v) is 8.41. The quantitative estimate of drug-likeness (QED) is 0.413. The van der Waals surface area contributed by atoms with Gasteiger partial charge in [-0.1, -0.05) is 29.8 Å². The van der Waals surface area contributed by atoms with Crippen LogP contribution < -0.4 is 10.1 Å². The van der Waals surface area contributed by atoms with Crippen molar-refractivity contribution in [3.05, 3.63) is 87.9 Å². The molecular weight excluding hydrogens is 430 g/mol. The number of hydrogen-bond donors (Lipinski definition) is 4. The van der Waals surface area contributed by atoms with Crippen LogP contribution in [0.4, 0.5) is 0 Å². The summed E-state index contributed by atoms with van der Waals surface area (Å²) in [4.78, 5) is 11.2. The van der Waals surface area contributed by atoms with E-state index in [9.17, 15) is 15.0 Å². The van der Waals surface area contributed by atoms with E-state index in [1.807, 2.05) is 30.3 Å². The highest BCUT2D eigenvalue weighted by molar-refractivity contribution is 6.30. The number of nitrogens with one attached hydrogen (secondary N) is 1. The highest BCUT2D eigenvalue weighted by Crippen LogP contribution is 2.31. The maximum Gasteiger partial charge on any atom is 0.335 e. The summed E-state index contributed by atoms with van der Waals surface area (Å²) in [5.41, 5.74) is 3.12. The Kier molecular flexibility index (Phi) is 6.65. The molecule has 3 aromatic rings. The molecule has 0 aliphatic heterocycles. The van der Waals surface area contributed by atoms with Gasteiger partial charge in [0, 0.05) is 23.7 Å². The van der Waals surface area contributed by atoms with Gasteiger partial charge < -0.3 is 25.4 Å². The lowest BCUT2D eigenvalue weighted by atomic mass is 9.88. The molecule has 6 nitrogen and oxygen atoms in total. The van der Waals surface area contributed by atoms with E-state index >= 15 is 0 Å². The van der Waals surface area contributed by atoms with Crippen molar-refractivity contribution in [2.24, 2.45) is 0 Å². The first-order chi connectivity index (χ1) is 15.4. The van der Waals surface area contributed by atoms with Gasteiger partial charge in [-0.3, -0.25) is 0 Å². The van der Waals surface area contributed by atoms with E-state index in [2.05, 4.69) is 5.32 Å². The largest absolute Gasteiger partial charge is 0.508 e. The van der Waals surface area contributed by atoms with Crippen molar-refractivity contribution >= 4 is 17.6 Å². The second-order valence-electron chi connectivity index (χ2n) is 7.97. The minimum Gasteiger partial charge on any atom is -0.508 e. The van der Waals surface area contributed by atoms with Crippen LogP contribution in [-0.2, 0) is 12.8 Å². The summed E-state index contributed by atoms with van der Waals surface area (Å²) >= 11 is 6.01. The second kappa shape index (κ2) is 9.61. The van der Waals surface area contributed by atoms with E-state index in [-0.39, 0.29) is 23.1 Å². The lowest BCUT2D eigenvalue weighted by molar-refractivity contribution is 0.0696. The number of aromatic hydroxyl groups is 1. The molecule has 0 spiro atoms. The molecule has 0 saturated carbocycles. The molecule has 3 aromatic carbocycles. The Morgan fingerprint density at radius 2 is 1.94 bits per heavy atom. The third kappa shape index (κ3) is 5.40. The standard InChI is InChI=1S/C25H24ClNO5/c26-19-3-1-2-16(8-19)24(29)14-27-20-6-4-15-5-7-22(11-17(15)9-20)32-23-12-18(25(30)31)10-21(28)13-23/h1-3,5,7-8,10-13,20,24,27-29H,4,6,9,14H2,(H,30,31)/t20-,24+/m0/s1. The summed E-state index contributed by atoms with van der Waals surface area (Å²) < 4.78 is 5.82. The Bertz CT molecular complexity index is 1130. The van der Waals surface area contributed by atoms with Gasteiger partial charge in [0.2, 0.25) is 0 Å². The molecule has 32 heavy (non-hydrogen) atoms. The molecule has 166 valence electrons. The highest BCUT2D eigenvalue weighted by Gasteiger charge is 2.20. The monoisotopic (exact) mass is 453 g/mol. The van der Waals surface area contributed by atoms with Gasteiger partial charge in [-0.2, -0.15) is 0 Å². The molecule has 4 N–H and O–H groups in total. The van der Waals surface area contributed by atoms with Crippen LogP contribution in [0.2, 0.25) is 5.02 Å². The molecule has 4 rings (SSSR count). The Morgan fingerprint density at radius 1 is 1.09 bits per heavy atom. The number of halogens is 1. The molecule has 0 saturated heterocycles. The fourth-order valence-electron chi connectivity index (χ4n) is 3.98. The average Bonchev–Trinajstić information content (AvgIpc) is 2.76. The summed E-state index contributed by atoms with van der Waals surface area (Å²) in [6.07, 6.45) is 2.02. The van der Waals surface area contributed by atoms with E-state index in [1.54, 1.807) is 12.1 Å². The zero-order valence-electron chi connectivity index (χ0n) is 17.3. The van der Waals surface area contributed by atoms with E-state index in [0.29, 0.717) is 17.3 Å². The molecule has 0 aromatic heterocycles. The normalized spacial score (nSPS) is 16.2. The van der Waals surface area contributed by atoms with Gasteiger partial charge in [-0.05, 0) is 72.4 Å². The van der Waals surface area contributed by atoms with Crippen molar-refractivity contribution in [1.82, 2.24) is 5.32 Å². The lowest BCUT2D eigenvalue weighted by Crippen LogP contribution is -2.37. The molecule has 2 atom stereocenters. The van der Waals surface area contributed by atoms with E-state index in [1.165, 1.54) is 23.8 Å². The predicted molar refractivity (Wildman–Crippen MR) is 122 cm³/mol. The average molecular weight is 454 g/mol. The lowest BCUT2D eigenvalue weighted by Gasteiger charge is -2.27. The summed E-state index contributed by atoms with van der Waals surface area (Å²) in [7, 11) is 0. The van der Waals surface area contributed by atoms with Crippen LogP contribution in [0.3, 0.4) is 0 Å². The van der Waals surface area contributed by atoms with E-state index < -0.39 is 12.1 Å². The number of ether oxygens (including phenoxy) is 1. The van der Waals surface area contributed by atoms with Gasteiger partial charge in [-0.15, -0.1) is 0 Å². The first-order valence-electron chi connectivity index (χ1n) is 10.4. The number of carboxylic acid groups (broad SMARTS) is 1. The van der Waals surface area contributed by atoms with Gasteiger partial charge in [0.15, 0.2) is 0 Å². The van der Waals surface area contributed by atoms with Crippen LogP contribution >= 0.6 is 11.6 Å². The third-order valence-electron chi connectivity index (χ3n) is 5.61. The van der Waals surface area contributed by atoms with Crippen LogP contribution in [0.15, 0.2) is 60.7 Å². The Hall–Kier alpha value is -3.06. The summed E-state index contributed by atoms with van der Waals surface area (Å²) in [6.45, 7) is 0.428. The van der Waals surface area contributed by atoms with Crippen molar-refractivity contribution in [3.63, 3.8) is 0 Å². The van der Waals surface area contributed by atoms with Crippen LogP contribution in [-0.4, -0.2) is 33.9 Å². The SMILES string of the molecule is O=C(O)c1cc(O)cc(Oc2ccc3c(c2)C[C@@H](NC[C@@H](O)c2cccc(Cl)c2)CC3)c1. The zero-order chi connectivity index (χ0) is 22.7. The van der Waals surface area contributed by atoms with Crippen LogP contribution in [0.1, 0.15) is 39.6 Å². The molecule has 1 aliphatic carbocycles. The van der Waals surface area contributed by atoms with Crippen LogP contribution in [0.5, 0.6) is 17.2 Å². The van der Waals surface area contributed by atoms with Crippen LogP contribution in [0, 0.1) is 0 Å². The number of aromatic carboxylic acids is 1. The highest BCUT2D eigenvalue weighted by atomic mass is 35.5. The van der Waals surface area contributed by atoms with Crippen molar-refractivity contribution in [3.8, 4) is 17.2 Å². The predicted octanol–water partition coefficient (Wildman–Crippen LogP) is 4.72.